The van der Waals surface area contributed by atoms with E-state index in [1.807, 2.05) is 18.3 Å². The second-order valence-corrected chi connectivity index (χ2v) is 2.89. The topological polar surface area (TPSA) is 54.3 Å². The number of aromatic nitrogens is 1. The summed E-state index contributed by atoms with van der Waals surface area (Å²) in [5.74, 6) is -0.778. The average molecular weight is 166 g/mol. The monoisotopic (exact) mass is 166 g/mol. The van der Waals surface area contributed by atoms with Gasteiger partial charge in [0.1, 0.15) is 6.04 Å². The molecule has 0 amide bonds. The van der Waals surface area contributed by atoms with Crippen LogP contribution in [0, 0.1) is 0 Å². The van der Waals surface area contributed by atoms with Crippen molar-refractivity contribution in [1.29, 1.82) is 0 Å². The van der Waals surface area contributed by atoms with Crippen LogP contribution in [0.25, 0.3) is 0 Å². The molecule has 0 radical (unpaired) electrons. The number of hydrogen-bond acceptors (Lipinski definition) is 2. The maximum Gasteiger partial charge on any atom is 0.328 e. The van der Waals surface area contributed by atoms with Gasteiger partial charge in [0.15, 0.2) is 0 Å². The number of carboxylic acid groups (broad SMARTS) is 1. The number of nitrogens with zero attached hydrogens (tertiary/aromatic N) is 1. The van der Waals surface area contributed by atoms with Crippen LogP contribution in [0.4, 0.5) is 0 Å². The van der Waals surface area contributed by atoms with Crippen LogP contribution < -0.4 is 5.32 Å². The number of nitrogens with one attached hydrogen (secondary N) is 1. The summed E-state index contributed by atoms with van der Waals surface area (Å²) in [5.41, 5.74) is 1.04. The average Bonchev–Trinajstić information content (AvgIpc) is 2.49. The SMILES string of the molecule is O=C(O)C1CNCc2cccn21. The van der Waals surface area contributed by atoms with E-state index in [1.54, 1.807) is 4.57 Å². The van der Waals surface area contributed by atoms with Gasteiger partial charge < -0.3 is 15.0 Å². The fraction of sp³-hybridized carbons (Fsp3) is 0.375. The molecule has 1 atom stereocenters. The number of carbonyl (C=O) groups is 1. The van der Waals surface area contributed by atoms with Gasteiger partial charge in [-0.15, -0.1) is 0 Å². The zero-order chi connectivity index (χ0) is 8.55. The van der Waals surface area contributed by atoms with E-state index in [9.17, 15) is 4.79 Å². The van der Waals surface area contributed by atoms with Crippen molar-refractivity contribution < 1.29 is 9.90 Å². The molecule has 0 saturated carbocycles. The Morgan fingerprint density at radius 3 is 3.33 bits per heavy atom. The molecule has 1 aromatic rings. The number of rotatable bonds is 1. The van der Waals surface area contributed by atoms with Gasteiger partial charge in [-0.25, -0.2) is 4.79 Å². The first-order chi connectivity index (χ1) is 5.79. The van der Waals surface area contributed by atoms with Crippen molar-refractivity contribution in [2.24, 2.45) is 0 Å². The number of fused-ring (bicyclic) bond motifs is 1. The molecule has 1 aromatic heterocycles. The van der Waals surface area contributed by atoms with Gasteiger partial charge in [0.25, 0.3) is 0 Å². The molecule has 4 heteroatoms. The van der Waals surface area contributed by atoms with E-state index in [-0.39, 0.29) is 0 Å². The van der Waals surface area contributed by atoms with Gasteiger partial charge in [-0.3, -0.25) is 0 Å². The lowest BCUT2D eigenvalue weighted by Crippen LogP contribution is -2.36. The first-order valence-corrected chi connectivity index (χ1v) is 3.88. The van der Waals surface area contributed by atoms with Crippen molar-refractivity contribution in [3.8, 4) is 0 Å². The third-order valence-electron chi connectivity index (χ3n) is 2.13. The highest BCUT2D eigenvalue weighted by Gasteiger charge is 2.23. The highest BCUT2D eigenvalue weighted by Crippen LogP contribution is 2.15. The zero-order valence-corrected chi connectivity index (χ0v) is 6.53. The second kappa shape index (κ2) is 2.64. The van der Waals surface area contributed by atoms with Crippen molar-refractivity contribution in [3.05, 3.63) is 24.0 Å². The molecule has 12 heavy (non-hydrogen) atoms. The van der Waals surface area contributed by atoms with E-state index in [1.165, 1.54) is 0 Å². The molecule has 2 heterocycles. The lowest BCUT2D eigenvalue weighted by atomic mass is 10.2. The largest absolute Gasteiger partial charge is 0.480 e. The molecular formula is C8H10N2O2. The summed E-state index contributed by atoms with van der Waals surface area (Å²) in [4.78, 5) is 10.8. The van der Waals surface area contributed by atoms with E-state index in [4.69, 9.17) is 5.11 Å². The minimum absolute atomic E-state index is 0.441. The molecule has 0 bridgehead atoms. The van der Waals surface area contributed by atoms with Gasteiger partial charge in [0.05, 0.1) is 0 Å². The summed E-state index contributed by atoms with van der Waals surface area (Å²) < 4.78 is 1.80. The van der Waals surface area contributed by atoms with Crippen LogP contribution in [-0.2, 0) is 11.3 Å². The fourth-order valence-corrected chi connectivity index (χ4v) is 1.52. The molecular weight excluding hydrogens is 156 g/mol. The highest BCUT2D eigenvalue weighted by atomic mass is 16.4. The summed E-state index contributed by atoms with van der Waals surface area (Å²) in [6, 6.07) is 3.36. The Kier molecular flexibility index (Phi) is 1.62. The van der Waals surface area contributed by atoms with Crippen LogP contribution in [-0.4, -0.2) is 22.2 Å². The van der Waals surface area contributed by atoms with Gasteiger partial charge >= 0.3 is 5.97 Å². The minimum Gasteiger partial charge on any atom is -0.480 e. The summed E-state index contributed by atoms with van der Waals surface area (Å²) in [5, 5.41) is 11.9. The number of carboxylic acids is 1. The van der Waals surface area contributed by atoms with Crippen molar-refractivity contribution in [3.63, 3.8) is 0 Å². The van der Waals surface area contributed by atoms with Gasteiger partial charge in [-0.05, 0) is 12.1 Å². The molecule has 0 aliphatic carbocycles. The van der Waals surface area contributed by atoms with E-state index < -0.39 is 12.0 Å². The molecule has 0 saturated heterocycles. The lowest BCUT2D eigenvalue weighted by Gasteiger charge is -2.23. The third-order valence-corrected chi connectivity index (χ3v) is 2.13. The van der Waals surface area contributed by atoms with Crippen LogP contribution in [0.3, 0.4) is 0 Å². The van der Waals surface area contributed by atoms with Crippen LogP contribution in [0.5, 0.6) is 0 Å². The predicted octanol–water partition coefficient (Wildman–Crippen LogP) is 0.217. The molecule has 0 aromatic carbocycles. The molecule has 1 unspecified atom stereocenters. The zero-order valence-electron chi connectivity index (χ0n) is 6.53. The highest BCUT2D eigenvalue weighted by molar-refractivity contribution is 5.72. The molecule has 1 aliphatic rings. The summed E-state index contributed by atoms with van der Waals surface area (Å²) in [6.07, 6.45) is 1.81. The van der Waals surface area contributed by atoms with Crippen molar-refractivity contribution >= 4 is 5.97 Å². The predicted molar refractivity (Wildman–Crippen MR) is 42.8 cm³/mol. The van der Waals surface area contributed by atoms with Gasteiger partial charge in [-0.1, -0.05) is 0 Å². The fourth-order valence-electron chi connectivity index (χ4n) is 1.52. The van der Waals surface area contributed by atoms with Crippen molar-refractivity contribution in [1.82, 2.24) is 9.88 Å². The van der Waals surface area contributed by atoms with Gasteiger partial charge in [-0.2, -0.15) is 0 Å². The maximum absolute atomic E-state index is 10.8. The summed E-state index contributed by atoms with van der Waals surface area (Å²) in [6.45, 7) is 1.27. The van der Waals surface area contributed by atoms with Gasteiger partial charge in [0.2, 0.25) is 0 Å². The molecule has 4 nitrogen and oxygen atoms in total. The molecule has 0 spiro atoms. The first-order valence-electron chi connectivity index (χ1n) is 3.88. The van der Waals surface area contributed by atoms with Gasteiger partial charge in [0, 0.05) is 25.0 Å². The Hall–Kier alpha value is -1.29. The smallest absolute Gasteiger partial charge is 0.328 e. The lowest BCUT2D eigenvalue weighted by molar-refractivity contribution is -0.141. The number of aliphatic carboxylic acids is 1. The third kappa shape index (κ3) is 1.00. The van der Waals surface area contributed by atoms with Crippen LogP contribution in [0.2, 0.25) is 0 Å². The maximum atomic E-state index is 10.8. The minimum atomic E-state index is -0.778. The molecule has 64 valence electrons. The molecule has 2 rings (SSSR count). The van der Waals surface area contributed by atoms with Crippen LogP contribution >= 0.6 is 0 Å². The van der Waals surface area contributed by atoms with E-state index in [0.29, 0.717) is 6.54 Å². The normalized spacial score (nSPS) is 21.8. The summed E-state index contributed by atoms with van der Waals surface area (Å²) >= 11 is 0. The Balaban J connectivity index is 2.37. The van der Waals surface area contributed by atoms with Crippen molar-refractivity contribution in [2.45, 2.75) is 12.6 Å². The Morgan fingerprint density at radius 2 is 2.58 bits per heavy atom. The summed E-state index contributed by atoms with van der Waals surface area (Å²) in [7, 11) is 0. The Labute approximate surface area is 69.8 Å². The van der Waals surface area contributed by atoms with E-state index in [2.05, 4.69) is 5.32 Å². The Bertz CT molecular complexity index is 306. The molecule has 1 aliphatic heterocycles. The van der Waals surface area contributed by atoms with E-state index >= 15 is 0 Å². The standard InChI is InChI=1S/C8H10N2O2/c11-8(12)7-5-9-4-6-2-1-3-10(6)7/h1-3,7,9H,4-5H2,(H,11,12). The van der Waals surface area contributed by atoms with E-state index in [0.717, 1.165) is 12.2 Å². The van der Waals surface area contributed by atoms with Crippen molar-refractivity contribution in [2.75, 3.05) is 6.54 Å². The Morgan fingerprint density at radius 1 is 1.75 bits per heavy atom. The van der Waals surface area contributed by atoms with Crippen LogP contribution in [0.15, 0.2) is 18.3 Å². The molecule has 2 N–H and O–H groups in total. The van der Waals surface area contributed by atoms with Crippen LogP contribution in [0.1, 0.15) is 11.7 Å². The quantitative estimate of drug-likeness (QED) is 0.627. The number of hydrogen-bond donors (Lipinski definition) is 2. The second-order valence-electron chi connectivity index (χ2n) is 2.89. The first kappa shape index (κ1) is 7.36. The molecule has 0 fully saturated rings.